The second-order valence-electron chi connectivity index (χ2n) is 6.37. The lowest BCUT2D eigenvalue weighted by Gasteiger charge is -2.28. The largest absolute Gasteiger partial charge is 0.394 e. The second-order valence-corrected chi connectivity index (χ2v) is 6.37. The van der Waals surface area contributed by atoms with Crippen molar-refractivity contribution in [3.63, 3.8) is 0 Å². The van der Waals surface area contributed by atoms with Crippen molar-refractivity contribution in [3.05, 3.63) is 35.9 Å². The first-order chi connectivity index (χ1) is 11.3. The number of hydrogen-bond donors (Lipinski definition) is 2. The van der Waals surface area contributed by atoms with E-state index in [9.17, 15) is 10.2 Å². The maximum Gasteiger partial charge on any atom is 0.187 e. The molecule has 0 unspecified atom stereocenters. The Labute approximate surface area is 137 Å². The predicted molar refractivity (Wildman–Crippen MR) is 84.7 cm³/mol. The maximum atomic E-state index is 10.3. The molecule has 5 heteroatoms. The van der Waals surface area contributed by atoms with E-state index in [-0.39, 0.29) is 12.7 Å². The van der Waals surface area contributed by atoms with Crippen molar-refractivity contribution in [2.75, 3.05) is 6.61 Å². The van der Waals surface area contributed by atoms with Crippen LogP contribution in [0.4, 0.5) is 0 Å². The highest BCUT2D eigenvalue weighted by atomic mass is 16.7. The average Bonchev–Trinajstić information content (AvgIpc) is 2.90. The first kappa shape index (κ1) is 16.9. The van der Waals surface area contributed by atoms with Crippen LogP contribution in [0.25, 0.3) is 0 Å². The minimum atomic E-state index is -0.877. The number of ether oxygens (including phenoxy) is 3. The molecule has 2 fully saturated rings. The zero-order valence-corrected chi connectivity index (χ0v) is 13.3. The fourth-order valence-electron chi connectivity index (χ4n) is 3.30. The van der Waals surface area contributed by atoms with E-state index in [1.54, 1.807) is 0 Å². The van der Waals surface area contributed by atoms with E-state index in [1.807, 2.05) is 30.3 Å². The molecule has 0 amide bonds. The van der Waals surface area contributed by atoms with Crippen LogP contribution >= 0.6 is 0 Å². The van der Waals surface area contributed by atoms with Gasteiger partial charge >= 0.3 is 0 Å². The quantitative estimate of drug-likeness (QED) is 0.838. The van der Waals surface area contributed by atoms with Gasteiger partial charge < -0.3 is 24.4 Å². The third-order valence-corrected chi connectivity index (χ3v) is 4.64. The highest BCUT2D eigenvalue weighted by molar-refractivity contribution is 5.13. The summed E-state index contributed by atoms with van der Waals surface area (Å²) in [4.78, 5) is 0. The number of rotatable bonds is 6. The Morgan fingerprint density at radius 3 is 2.52 bits per heavy atom. The number of aliphatic hydroxyl groups is 2. The highest BCUT2D eigenvalue weighted by Crippen LogP contribution is 2.30. The van der Waals surface area contributed by atoms with Crippen molar-refractivity contribution in [3.8, 4) is 0 Å². The molecule has 23 heavy (non-hydrogen) atoms. The zero-order valence-electron chi connectivity index (χ0n) is 13.3. The molecule has 3 rings (SSSR count). The van der Waals surface area contributed by atoms with Crippen molar-refractivity contribution in [1.82, 2.24) is 0 Å². The fraction of sp³-hybridized carbons (Fsp3) is 0.667. The Morgan fingerprint density at radius 2 is 1.83 bits per heavy atom. The lowest BCUT2D eigenvalue weighted by atomic mass is 9.98. The fourth-order valence-corrected chi connectivity index (χ4v) is 3.30. The molecule has 0 spiro atoms. The van der Waals surface area contributed by atoms with Gasteiger partial charge in [0, 0.05) is 0 Å². The summed E-state index contributed by atoms with van der Waals surface area (Å²) in [6.07, 6.45) is 3.06. The van der Waals surface area contributed by atoms with E-state index in [0.29, 0.717) is 6.61 Å². The summed E-state index contributed by atoms with van der Waals surface area (Å²) in [7, 11) is 0. The van der Waals surface area contributed by atoms with Gasteiger partial charge in [-0.15, -0.1) is 0 Å². The van der Waals surface area contributed by atoms with Gasteiger partial charge in [0.05, 0.1) is 19.3 Å². The van der Waals surface area contributed by atoms with Crippen molar-refractivity contribution in [2.45, 2.75) is 69.4 Å². The van der Waals surface area contributed by atoms with Crippen LogP contribution in [-0.2, 0) is 20.8 Å². The Morgan fingerprint density at radius 1 is 1.09 bits per heavy atom. The van der Waals surface area contributed by atoms with E-state index >= 15 is 0 Å². The summed E-state index contributed by atoms with van der Waals surface area (Å²) < 4.78 is 17.6. The Kier molecular flexibility index (Phi) is 6.02. The molecule has 1 saturated heterocycles. The van der Waals surface area contributed by atoms with E-state index in [2.05, 4.69) is 0 Å². The lowest BCUT2D eigenvalue weighted by Crippen LogP contribution is -2.38. The number of hydrogen-bond acceptors (Lipinski definition) is 5. The van der Waals surface area contributed by atoms with Gasteiger partial charge in [-0.1, -0.05) is 49.6 Å². The van der Waals surface area contributed by atoms with Gasteiger partial charge in [-0.25, -0.2) is 0 Å². The topological polar surface area (TPSA) is 68.2 Å². The van der Waals surface area contributed by atoms with Gasteiger partial charge in [-0.05, 0) is 18.4 Å². The maximum absolute atomic E-state index is 10.3. The molecule has 0 radical (unpaired) electrons. The summed E-state index contributed by atoms with van der Waals surface area (Å²) in [6, 6.07) is 9.80. The van der Waals surface area contributed by atoms with Gasteiger partial charge in [-0.2, -0.15) is 0 Å². The standard InChI is InChI=1S/C18H26O5/c19-11-15-16(20)17(21-12-13-7-3-1-4-8-13)18(23-15)22-14-9-5-2-6-10-14/h1,3-4,7-8,14-20H,2,5-6,9-12H2/t15-,16-,17+,18-/m1/s1. The Bertz CT molecular complexity index is 460. The van der Waals surface area contributed by atoms with Crippen LogP contribution in [0.15, 0.2) is 30.3 Å². The van der Waals surface area contributed by atoms with Crippen LogP contribution < -0.4 is 0 Å². The average molecular weight is 322 g/mol. The van der Waals surface area contributed by atoms with Crippen LogP contribution in [0.1, 0.15) is 37.7 Å². The zero-order chi connectivity index (χ0) is 16.1. The molecule has 0 bridgehead atoms. The Balaban J connectivity index is 1.60. The smallest absolute Gasteiger partial charge is 0.187 e. The summed E-state index contributed by atoms with van der Waals surface area (Å²) in [5.41, 5.74) is 1.03. The second kappa shape index (κ2) is 8.22. The molecule has 1 saturated carbocycles. The molecule has 4 atom stereocenters. The van der Waals surface area contributed by atoms with Crippen molar-refractivity contribution in [2.24, 2.45) is 0 Å². The summed E-state index contributed by atoms with van der Waals surface area (Å²) in [6.45, 7) is 0.144. The van der Waals surface area contributed by atoms with Crippen molar-refractivity contribution in [1.29, 1.82) is 0 Å². The Hall–Kier alpha value is -0.980. The number of benzene rings is 1. The molecular weight excluding hydrogens is 296 g/mol. The van der Waals surface area contributed by atoms with Crippen LogP contribution in [0.5, 0.6) is 0 Å². The molecule has 2 aliphatic rings. The van der Waals surface area contributed by atoms with Crippen molar-refractivity contribution < 1.29 is 24.4 Å². The highest BCUT2D eigenvalue weighted by Gasteiger charge is 2.45. The van der Waals surface area contributed by atoms with Crippen molar-refractivity contribution >= 4 is 0 Å². The third kappa shape index (κ3) is 4.31. The molecule has 1 aromatic carbocycles. The minimum Gasteiger partial charge on any atom is -0.394 e. The summed E-state index contributed by atoms with van der Waals surface area (Å²) >= 11 is 0. The van der Waals surface area contributed by atoms with E-state index in [4.69, 9.17) is 14.2 Å². The molecule has 128 valence electrons. The minimum absolute atomic E-state index is 0.154. The van der Waals surface area contributed by atoms with Gasteiger partial charge in [0.25, 0.3) is 0 Å². The van der Waals surface area contributed by atoms with Crippen LogP contribution in [0.2, 0.25) is 0 Å². The SMILES string of the molecule is OC[C@H]1O[C@@H](OC2CCCCC2)[C@@H](OCc2ccccc2)[C@@H]1O. The molecule has 1 aliphatic carbocycles. The number of aliphatic hydroxyl groups excluding tert-OH is 2. The van der Waals surface area contributed by atoms with E-state index in [1.165, 1.54) is 19.3 Å². The van der Waals surface area contributed by atoms with Crippen LogP contribution in [0, 0.1) is 0 Å². The molecule has 5 nitrogen and oxygen atoms in total. The van der Waals surface area contributed by atoms with Gasteiger partial charge in [0.2, 0.25) is 0 Å². The summed E-state index contributed by atoms with van der Waals surface area (Å²) in [5, 5.41) is 19.7. The molecular formula is C18H26O5. The first-order valence-electron chi connectivity index (χ1n) is 8.53. The molecule has 0 aromatic heterocycles. The van der Waals surface area contributed by atoms with Gasteiger partial charge in [-0.3, -0.25) is 0 Å². The summed E-state index contributed by atoms with van der Waals surface area (Å²) in [5.74, 6) is 0. The molecule has 1 heterocycles. The van der Waals surface area contributed by atoms with Crippen LogP contribution in [-0.4, -0.2) is 47.5 Å². The normalized spacial score (nSPS) is 32.3. The van der Waals surface area contributed by atoms with Gasteiger partial charge in [0.1, 0.15) is 18.3 Å². The monoisotopic (exact) mass is 322 g/mol. The van der Waals surface area contributed by atoms with E-state index < -0.39 is 24.6 Å². The first-order valence-corrected chi connectivity index (χ1v) is 8.53. The molecule has 2 N–H and O–H groups in total. The van der Waals surface area contributed by atoms with Crippen LogP contribution in [0.3, 0.4) is 0 Å². The van der Waals surface area contributed by atoms with E-state index in [0.717, 1.165) is 18.4 Å². The molecule has 1 aromatic rings. The van der Waals surface area contributed by atoms with Gasteiger partial charge in [0.15, 0.2) is 6.29 Å². The lowest BCUT2D eigenvalue weighted by molar-refractivity contribution is -0.209. The third-order valence-electron chi connectivity index (χ3n) is 4.64. The predicted octanol–water partition coefficient (Wildman–Crippen LogP) is 2.00. The molecule has 1 aliphatic heterocycles.